The molecule has 13 nitrogen and oxygen atoms in total. The molecule has 13 heteroatoms. The summed E-state index contributed by atoms with van der Waals surface area (Å²) in [7, 11) is 0. The van der Waals surface area contributed by atoms with Gasteiger partial charge in [-0.15, -0.1) is 0 Å². The fourth-order valence-electron chi connectivity index (χ4n) is 5.80. The highest BCUT2D eigenvalue weighted by Crippen LogP contribution is 2.31. The SMILES string of the molecule is CC(C)(C)OC(=O)N[C@H](Cc1c[nH]cn1)C(=O)N1CCc2cccc(OC[C@H]3CCCN3c3ccnc4ncnn34)c2C1. The molecule has 0 saturated carbocycles. The van der Waals surface area contributed by atoms with E-state index in [2.05, 4.69) is 41.3 Å². The molecule has 0 spiro atoms. The highest BCUT2D eigenvalue weighted by Gasteiger charge is 2.32. The van der Waals surface area contributed by atoms with Crippen LogP contribution in [0.2, 0.25) is 0 Å². The number of carbonyl (C=O) groups excluding carboxylic acids is 2. The third kappa shape index (κ3) is 6.40. The Morgan fingerprint density at radius 3 is 2.86 bits per heavy atom. The molecule has 5 heterocycles. The summed E-state index contributed by atoms with van der Waals surface area (Å²) in [5.74, 6) is 2.09. The molecule has 2 atom stereocenters. The molecule has 0 aliphatic carbocycles. The number of aromatic amines is 1. The summed E-state index contributed by atoms with van der Waals surface area (Å²) < 4.78 is 13.7. The number of H-pyrrole nitrogens is 1. The number of nitrogens with one attached hydrogen (secondary N) is 2. The topological polar surface area (TPSA) is 143 Å². The summed E-state index contributed by atoms with van der Waals surface area (Å²) in [6, 6.07) is 7.35. The van der Waals surface area contributed by atoms with Crippen molar-refractivity contribution in [3.05, 3.63) is 66.1 Å². The van der Waals surface area contributed by atoms with Gasteiger partial charge in [0.15, 0.2) is 0 Å². The normalized spacial score (nSPS) is 17.5. The van der Waals surface area contributed by atoms with E-state index in [9.17, 15) is 9.59 Å². The second kappa shape index (κ2) is 11.9. The zero-order valence-corrected chi connectivity index (χ0v) is 24.7. The van der Waals surface area contributed by atoms with Crippen LogP contribution >= 0.6 is 0 Å². The predicted molar refractivity (Wildman–Crippen MR) is 158 cm³/mol. The van der Waals surface area contributed by atoms with Crippen LogP contribution in [0.5, 0.6) is 5.75 Å². The summed E-state index contributed by atoms with van der Waals surface area (Å²) in [4.78, 5) is 46.3. The van der Waals surface area contributed by atoms with Gasteiger partial charge in [-0.2, -0.15) is 14.6 Å². The molecule has 0 radical (unpaired) electrons. The number of fused-ring (bicyclic) bond motifs is 2. The van der Waals surface area contributed by atoms with E-state index < -0.39 is 17.7 Å². The van der Waals surface area contributed by atoms with Crippen molar-refractivity contribution in [2.24, 2.45) is 0 Å². The lowest BCUT2D eigenvalue weighted by atomic mass is 9.97. The highest BCUT2D eigenvalue weighted by molar-refractivity contribution is 5.86. The van der Waals surface area contributed by atoms with E-state index >= 15 is 0 Å². The van der Waals surface area contributed by atoms with Gasteiger partial charge in [0.2, 0.25) is 5.91 Å². The van der Waals surface area contributed by atoms with Crippen LogP contribution in [0.25, 0.3) is 5.78 Å². The first-order chi connectivity index (χ1) is 20.7. The number of alkyl carbamates (subject to hydrolysis) is 1. The van der Waals surface area contributed by atoms with Gasteiger partial charge in [0.25, 0.3) is 5.78 Å². The molecule has 6 rings (SSSR count). The van der Waals surface area contributed by atoms with Gasteiger partial charge < -0.3 is 29.6 Å². The number of aromatic nitrogens is 6. The van der Waals surface area contributed by atoms with Crippen LogP contribution in [0.4, 0.5) is 10.6 Å². The monoisotopic (exact) mass is 587 g/mol. The van der Waals surface area contributed by atoms with Crippen molar-refractivity contribution >= 4 is 23.6 Å². The van der Waals surface area contributed by atoms with E-state index in [0.29, 0.717) is 37.6 Å². The summed E-state index contributed by atoms with van der Waals surface area (Å²) in [5, 5.41) is 7.14. The predicted octanol–water partition coefficient (Wildman–Crippen LogP) is 2.92. The van der Waals surface area contributed by atoms with Crippen LogP contribution in [-0.2, 0) is 28.9 Å². The third-order valence-corrected chi connectivity index (χ3v) is 7.76. The summed E-state index contributed by atoms with van der Waals surface area (Å²) in [6.45, 7) is 7.67. The zero-order chi connectivity index (χ0) is 30.0. The number of anilines is 1. The number of benzene rings is 1. The van der Waals surface area contributed by atoms with E-state index in [1.807, 2.05) is 18.2 Å². The first-order valence-electron chi connectivity index (χ1n) is 14.7. The van der Waals surface area contributed by atoms with E-state index in [0.717, 1.165) is 42.1 Å². The van der Waals surface area contributed by atoms with Gasteiger partial charge in [-0.05, 0) is 57.7 Å². The average molecular weight is 588 g/mol. The lowest BCUT2D eigenvalue weighted by Crippen LogP contribution is -2.51. The molecule has 1 aromatic carbocycles. The fourth-order valence-corrected chi connectivity index (χ4v) is 5.80. The minimum Gasteiger partial charge on any atom is -0.491 e. The number of carbonyl (C=O) groups is 2. The fraction of sp³-hybridized carbons (Fsp3) is 0.467. The minimum absolute atomic E-state index is 0.156. The molecular formula is C30H37N9O4. The summed E-state index contributed by atoms with van der Waals surface area (Å²) in [5.41, 5.74) is 2.14. The maximum absolute atomic E-state index is 13.9. The highest BCUT2D eigenvalue weighted by atomic mass is 16.6. The van der Waals surface area contributed by atoms with Gasteiger partial charge in [0.05, 0.1) is 18.1 Å². The number of hydrogen-bond acceptors (Lipinski definition) is 9. The molecular weight excluding hydrogens is 550 g/mol. The Bertz CT molecular complexity index is 1580. The largest absolute Gasteiger partial charge is 0.491 e. The third-order valence-electron chi connectivity index (χ3n) is 7.76. The van der Waals surface area contributed by atoms with Crippen LogP contribution in [0, 0.1) is 0 Å². The van der Waals surface area contributed by atoms with Gasteiger partial charge >= 0.3 is 6.09 Å². The van der Waals surface area contributed by atoms with E-state index in [1.54, 1.807) is 48.9 Å². The smallest absolute Gasteiger partial charge is 0.408 e. The second-order valence-electron chi connectivity index (χ2n) is 11.9. The number of rotatable bonds is 8. The molecule has 1 fully saturated rings. The summed E-state index contributed by atoms with van der Waals surface area (Å²) in [6.07, 6.45) is 8.88. The average Bonchev–Trinajstić information content (AvgIpc) is 3.76. The Morgan fingerprint density at radius 2 is 2.05 bits per heavy atom. The summed E-state index contributed by atoms with van der Waals surface area (Å²) >= 11 is 0. The molecule has 2 aliphatic rings. The Kier molecular flexibility index (Phi) is 7.87. The van der Waals surface area contributed by atoms with Gasteiger partial charge in [-0.1, -0.05) is 12.1 Å². The number of imidazole rings is 1. The lowest BCUT2D eigenvalue weighted by Gasteiger charge is -2.33. The molecule has 43 heavy (non-hydrogen) atoms. The quantitative estimate of drug-likeness (QED) is 0.318. The number of amides is 2. The molecule has 0 unspecified atom stereocenters. The van der Waals surface area contributed by atoms with E-state index in [-0.39, 0.29) is 18.4 Å². The van der Waals surface area contributed by atoms with Crippen molar-refractivity contribution in [3.8, 4) is 5.75 Å². The van der Waals surface area contributed by atoms with Gasteiger partial charge in [-0.3, -0.25) is 4.79 Å². The Morgan fingerprint density at radius 1 is 1.16 bits per heavy atom. The minimum atomic E-state index is -0.825. The van der Waals surface area contributed by atoms with Crippen molar-refractivity contribution in [2.45, 2.75) is 70.7 Å². The first kappa shape index (κ1) is 28.4. The Hall–Kier alpha value is -4.68. The maximum Gasteiger partial charge on any atom is 0.408 e. The lowest BCUT2D eigenvalue weighted by molar-refractivity contribution is -0.134. The van der Waals surface area contributed by atoms with Crippen molar-refractivity contribution in [1.82, 2.24) is 39.8 Å². The van der Waals surface area contributed by atoms with E-state index in [4.69, 9.17) is 9.47 Å². The molecule has 4 aromatic rings. The van der Waals surface area contributed by atoms with E-state index in [1.165, 1.54) is 6.33 Å². The molecule has 3 aromatic heterocycles. The molecule has 226 valence electrons. The molecule has 2 amide bonds. The molecule has 0 bridgehead atoms. The van der Waals surface area contributed by atoms with Crippen LogP contribution in [0.3, 0.4) is 0 Å². The van der Waals surface area contributed by atoms with Gasteiger partial charge in [-0.25, -0.2) is 14.8 Å². The van der Waals surface area contributed by atoms with Crippen molar-refractivity contribution in [2.75, 3.05) is 24.6 Å². The van der Waals surface area contributed by atoms with Crippen LogP contribution in [-0.4, -0.2) is 83.8 Å². The number of ether oxygens (including phenoxy) is 2. The Balaban J connectivity index is 1.16. The maximum atomic E-state index is 13.9. The van der Waals surface area contributed by atoms with Crippen LogP contribution in [0.15, 0.2) is 49.3 Å². The van der Waals surface area contributed by atoms with Crippen molar-refractivity contribution < 1.29 is 19.1 Å². The van der Waals surface area contributed by atoms with Crippen LogP contribution in [0.1, 0.15) is 50.4 Å². The molecule has 2 aliphatic heterocycles. The van der Waals surface area contributed by atoms with Crippen molar-refractivity contribution in [3.63, 3.8) is 0 Å². The van der Waals surface area contributed by atoms with Gasteiger partial charge in [0, 0.05) is 44.0 Å². The number of nitrogens with zero attached hydrogens (tertiary/aromatic N) is 7. The van der Waals surface area contributed by atoms with Gasteiger partial charge in [0.1, 0.15) is 36.1 Å². The number of hydrogen-bond donors (Lipinski definition) is 2. The molecule has 2 N–H and O–H groups in total. The zero-order valence-electron chi connectivity index (χ0n) is 24.7. The first-order valence-corrected chi connectivity index (χ1v) is 14.7. The second-order valence-corrected chi connectivity index (χ2v) is 11.9. The van der Waals surface area contributed by atoms with Crippen LogP contribution < -0.4 is 15.0 Å². The van der Waals surface area contributed by atoms with Crippen molar-refractivity contribution in [1.29, 1.82) is 0 Å². The molecule has 1 saturated heterocycles. The Labute approximate surface area is 249 Å². The standard InChI is InChI=1S/C30H37N9O4/c1-30(2,3)43-29(41)36-24(14-21-15-31-18-33-21)27(40)37-13-10-20-6-4-8-25(23(20)16-37)42-17-22-7-5-12-38(22)26-9-11-32-28-34-19-35-39(26)28/h4,6,8-9,11,15,18-19,22,24H,5,7,10,12-14,16-17H2,1-3H3,(H,31,33)(H,36,41)/t22-,24-/m1/s1.